The Balaban J connectivity index is 0.00000121. The van der Waals surface area contributed by atoms with Crippen LogP contribution in [0.3, 0.4) is 0 Å². The molecule has 0 aliphatic rings. The molecular weight excluding hydrogens is 181 g/mol. The lowest BCUT2D eigenvalue weighted by Crippen LogP contribution is -1.99. The normalized spacial score (nSPS) is 8.92. The highest BCUT2D eigenvalue weighted by molar-refractivity contribution is 5.85. The smallest absolute Gasteiger partial charge is 0.131 e. The van der Waals surface area contributed by atoms with E-state index in [1.807, 2.05) is 0 Å². The maximum Gasteiger partial charge on any atom is 0.131 e. The van der Waals surface area contributed by atoms with Crippen molar-refractivity contribution >= 4 is 12.4 Å². The van der Waals surface area contributed by atoms with Crippen LogP contribution in [0.1, 0.15) is 5.56 Å². The van der Waals surface area contributed by atoms with E-state index in [9.17, 15) is 4.39 Å². The Morgan fingerprint density at radius 1 is 1.50 bits per heavy atom. The van der Waals surface area contributed by atoms with Crippen molar-refractivity contribution in [3.8, 4) is 5.75 Å². The number of rotatable bonds is 2. The molecule has 0 saturated heterocycles. The maximum absolute atomic E-state index is 12.9. The standard InChI is InChI=1S/C8H10FNO.ClH/c1-11-7-3-2-6(5-10)8(9)4-7;/h2-4H,5,10H2,1H3;1H. The molecule has 0 fully saturated rings. The number of ether oxygens (including phenoxy) is 1. The van der Waals surface area contributed by atoms with Gasteiger partial charge in [-0.2, -0.15) is 0 Å². The van der Waals surface area contributed by atoms with E-state index < -0.39 is 0 Å². The van der Waals surface area contributed by atoms with Gasteiger partial charge in [0, 0.05) is 18.2 Å². The summed E-state index contributed by atoms with van der Waals surface area (Å²) in [7, 11) is 1.50. The third-order valence-electron chi connectivity index (χ3n) is 1.48. The van der Waals surface area contributed by atoms with Gasteiger partial charge in [0.25, 0.3) is 0 Å². The zero-order valence-corrected chi connectivity index (χ0v) is 7.53. The van der Waals surface area contributed by atoms with Gasteiger partial charge in [0.05, 0.1) is 7.11 Å². The highest BCUT2D eigenvalue weighted by atomic mass is 35.5. The van der Waals surface area contributed by atoms with Crippen LogP contribution in [0.15, 0.2) is 18.2 Å². The third kappa shape index (κ3) is 2.36. The Bertz CT molecular complexity index is 255. The first-order valence-corrected chi connectivity index (χ1v) is 3.30. The average Bonchev–Trinajstić information content (AvgIpc) is 2.04. The lowest BCUT2D eigenvalue weighted by Gasteiger charge is -2.02. The molecule has 1 rings (SSSR count). The summed E-state index contributed by atoms with van der Waals surface area (Å²) in [5.74, 6) is 0.201. The maximum atomic E-state index is 12.9. The first-order chi connectivity index (χ1) is 5.27. The first kappa shape index (κ1) is 11.2. The van der Waals surface area contributed by atoms with E-state index in [0.717, 1.165) is 0 Å². The second kappa shape index (κ2) is 4.95. The minimum absolute atomic E-state index is 0. The van der Waals surface area contributed by atoms with Crippen molar-refractivity contribution in [2.45, 2.75) is 6.54 Å². The van der Waals surface area contributed by atoms with Crippen LogP contribution in [0.2, 0.25) is 0 Å². The van der Waals surface area contributed by atoms with Gasteiger partial charge in [-0.15, -0.1) is 12.4 Å². The summed E-state index contributed by atoms with van der Waals surface area (Å²) in [5, 5.41) is 0. The third-order valence-corrected chi connectivity index (χ3v) is 1.48. The van der Waals surface area contributed by atoms with Crippen LogP contribution in [-0.4, -0.2) is 7.11 Å². The molecule has 0 aliphatic heterocycles. The predicted molar refractivity (Wildman–Crippen MR) is 48.1 cm³/mol. The Morgan fingerprint density at radius 2 is 2.17 bits per heavy atom. The molecule has 0 amide bonds. The molecule has 0 saturated carbocycles. The molecule has 2 nitrogen and oxygen atoms in total. The largest absolute Gasteiger partial charge is 0.497 e. The number of hydrogen-bond acceptors (Lipinski definition) is 2. The molecular formula is C8H11ClFNO. The quantitative estimate of drug-likeness (QED) is 0.773. The Hall–Kier alpha value is -0.800. The summed E-state index contributed by atoms with van der Waals surface area (Å²) < 4.78 is 17.7. The minimum atomic E-state index is -0.313. The zero-order valence-electron chi connectivity index (χ0n) is 6.71. The number of halogens is 2. The Kier molecular flexibility index (Phi) is 4.62. The van der Waals surface area contributed by atoms with Crippen molar-refractivity contribution in [2.24, 2.45) is 5.73 Å². The molecule has 68 valence electrons. The van der Waals surface area contributed by atoms with E-state index in [1.165, 1.54) is 13.2 Å². The van der Waals surface area contributed by atoms with Crippen molar-refractivity contribution in [3.63, 3.8) is 0 Å². The van der Waals surface area contributed by atoms with Gasteiger partial charge < -0.3 is 10.5 Å². The van der Waals surface area contributed by atoms with E-state index in [0.29, 0.717) is 11.3 Å². The molecule has 0 bridgehead atoms. The van der Waals surface area contributed by atoms with Gasteiger partial charge in [0.1, 0.15) is 11.6 Å². The molecule has 2 N–H and O–H groups in total. The first-order valence-electron chi connectivity index (χ1n) is 3.30. The van der Waals surface area contributed by atoms with Gasteiger partial charge in [0.15, 0.2) is 0 Å². The van der Waals surface area contributed by atoms with E-state index in [4.69, 9.17) is 10.5 Å². The highest BCUT2D eigenvalue weighted by Crippen LogP contribution is 2.15. The van der Waals surface area contributed by atoms with Crippen LogP contribution in [0.4, 0.5) is 4.39 Å². The van der Waals surface area contributed by atoms with Crippen molar-refractivity contribution in [1.29, 1.82) is 0 Å². The highest BCUT2D eigenvalue weighted by Gasteiger charge is 2.00. The Morgan fingerprint density at radius 3 is 2.58 bits per heavy atom. The van der Waals surface area contributed by atoms with Crippen LogP contribution < -0.4 is 10.5 Å². The van der Waals surface area contributed by atoms with Crippen molar-refractivity contribution in [3.05, 3.63) is 29.6 Å². The van der Waals surface area contributed by atoms with Gasteiger partial charge in [0.2, 0.25) is 0 Å². The lowest BCUT2D eigenvalue weighted by atomic mass is 10.2. The molecule has 0 spiro atoms. The monoisotopic (exact) mass is 191 g/mol. The average molecular weight is 192 g/mol. The molecule has 0 unspecified atom stereocenters. The van der Waals surface area contributed by atoms with Crippen LogP contribution >= 0.6 is 12.4 Å². The van der Waals surface area contributed by atoms with Gasteiger partial charge >= 0.3 is 0 Å². The number of benzene rings is 1. The molecule has 0 atom stereocenters. The molecule has 4 heteroatoms. The topological polar surface area (TPSA) is 35.2 Å². The summed E-state index contributed by atoms with van der Waals surface area (Å²) in [5.41, 5.74) is 5.77. The fourth-order valence-corrected chi connectivity index (χ4v) is 0.821. The molecule has 0 aromatic heterocycles. The van der Waals surface area contributed by atoms with Crippen LogP contribution in [0, 0.1) is 5.82 Å². The van der Waals surface area contributed by atoms with E-state index in [1.54, 1.807) is 12.1 Å². The van der Waals surface area contributed by atoms with E-state index >= 15 is 0 Å². The molecule has 1 aromatic rings. The second-order valence-electron chi connectivity index (χ2n) is 2.16. The summed E-state index contributed by atoms with van der Waals surface area (Å²) in [6, 6.07) is 4.63. The molecule has 0 aliphatic carbocycles. The number of methoxy groups -OCH3 is 1. The molecule has 12 heavy (non-hydrogen) atoms. The van der Waals surface area contributed by atoms with Gasteiger partial charge in [-0.3, -0.25) is 0 Å². The zero-order chi connectivity index (χ0) is 8.27. The predicted octanol–water partition coefficient (Wildman–Crippen LogP) is 1.71. The van der Waals surface area contributed by atoms with Crippen molar-refractivity contribution in [2.75, 3.05) is 7.11 Å². The van der Waals surface area contributed by atoms with Crippen LogP contribution in [-0.2, 0) is 6.54 Å². The molecule has 1 aromatic carbocycles. The second-order valence-corrected chi connectivity index (χ2v) is 2.16. The summed E-state index contributed by atoms with van der Waals surface area (Å²) in [6.07, 6.45) is 0. The van der Waals surface area contributed by atoms with Gasteiger partial charge in [-0.1, -0.05) is 6.07 Å². The van der Waals surface area contributed by atoms with Crippen molar-refractivity contribution in [1.82, 2.24) is 0 Å². The van der Waals surface area contributed by atoms with Gasteiger partial charge in [-0.25, -0.2) is 4.39 Å². The molecule has 0 heterocycles. The minimum Gasteiger partial charge on any atom is -0.497 e. The summed E-state index contributed by atoms with van der Waals surface area (Å²) in [4.78, 5) is 0. The number of hydrogen-bond donors (Lipinski definition) is 1. The van der Waals surface area contributed by atoms with E-state index in [2.05, 4.69) is 0 Å². The molecule has 0 radical (unpaired) electrons. The fraction of sp³-hybridized carbons (Fsp3) is 0.250. The van der Waals surface area contributed by atoms with Crippen molar-refractivity contribution < 1.29 is 9.13 Å². The number of nitrogens with two attached hydrogens (primary N) is 1. The van der Waals surface area contributed by atoms with E-state index in [-0.39, 0.29) is 24.8 Å². The van der Waals surface area contributed by atoms with Gasteiger partial charge in [-0.05, 0) is 6.07 Å². The summed E-state index contributed by atoms with van der Waals surface area (Å²) in [6.45, 7) is 0.218. The Labute approximate surface area is 76.9 Å². The lowest BCUT2D eigenvalue weighted by molar-refractivity contribution is 0.410. The van der Waals surface area contributed by atoms with Crippen LogP contribution in [0.5, 0.6) is 5.75 Å². The van der Waals surface area contributed by atoms with Crippen LogP contribution in [0.25, 0.3) is 0 Å². The fourth-order valence-electron chi connectivity index (χ4n) is 0.821. The SMILES string of the molecule is COc1ccc(CN)c(F)c1.Cl. The summed E-state index contributed by atoms with van der Waals surface area (Å²) >= 11 is 0.